The fourth-order valence-corrected chi connectivity index (χ4v) is 2.52. The van der Waals surface area contributed by atoms with Gasteiger partial charge in [-0.25, -0.2) is 0 Å². The lowest BCUT2D eigenvalue weighted by atomic mass is 10.1. The standard InChI is InChI=1S/C9H10BrNO2.C9H11NO2/c1-5(12)6-3-7(10)9(13-2)4-8(6)11;1-6(11)8-4-3-7(12-2)5-9(8)10/h3-4H,11H2,1-2H3;3-5H,10H2,1-2H3. The molecule has 0 aliphatic carbocycles. The van der Waals surface area contributed by atoms with Crippen LogP contribution in [0.5, 0.6) is 11.5 Å². The van der Waals surface area contributed by atoms with Crippen LogP contribution in [0.15, 0.2) is 34.8 Å². The number of ether oxygens (including phenoxy) is 2. The number of nitrogens with two attached hydrogens (primary N) is 2. The van der Waals surface area contributed by atoms with Gasteiger partial charge in [-0.05, 0) is 48.0 Å². The van der Waals surface area contributed by atoms with E-state index >= 15 is 0 Å². The summed E-state index contributed by atoms with van der Waals surface area (Å²) in [4.78, 5) is 22.0. The molecule has 0 aliphatic rings. The first-order valence-electron chi connectivity index (χ1n) is 7.29. The van der Waals surface area contributed by atoms with Gasteiger partial charge >= 0.3 is 0 Å². The smallest absolute Gasteiger partial charge is 0.161 e. The minimum absolute atomic E-state index is 0.0323. The monoisotopic (exact) mass is 408 g/mol. The lowest BCUT2D eigenvalue weighted by Crippen LogP contribution is -2.00. The van der Waals surface area contributed by atoms with E-state index in [9.17, 15) is 9.59 Å². The van der Waals surface area contributed by atoms with E-state index in [1.54, 1.807) is 44.6 Å². The van der Waals surface area contributed by atoms with Crippen molar-refractivity contribution in [3.63, 3.8) is 0 Å². The molecule has 0 amide bonds. The average Bonchev–Trinajstić information content (AvgIpc) is 2.56. The maximum atomic E-state index is 11.1. The fraction of sp³-hybridized carbons (Fsp3) is 0.222. The molecule has 2 rings (SSSR count). The molecule has 0 spiro atoms. The summed E-state index contributed by atoms with van der Waals surface area (Å²) in [6.45, 7) is 2.96. The van der Waals surface area contributed by atoms with E-state index in [0.717, 1.165) is 4.47 Å². The lowest BCUT2D eigenvalue weighted by Gasteiger charge is -2.07. The Bertz CT molecular complexity index is 791. The molecular weight excluding hydrogens is 388 g/mol. The predicted molar refractivity (Wildman–Crippen MR) is 103 cm³/mol. The predicted octanol–water partition coefficient (Wildman–Crippen LogP) is 3.72. The molecule has 2 aromatic rings. The van der Waals surface area contributed by atoms with Gasteiger partial charge in [-0.3, -0.25) is 9.59 Å². The number of hydrogen-bond donors (Lipinski definition) is 2. The summed E-state index contributed by atoms with van der Waals surface area (Å²) in [6, 6.07) is 8.30. The van der Waals surface area contributed by atoms with Crippen molar-refractivity contribution in [1.29, 1.82) is 0 Å². The molecular formula is C18H21BrN2O4. The van der Waals surface area contributed by atoms with Crippen LogP contribution >= 0.6 is 15.9 Å². The summed E-state index contributed by atoms with van der Waals surface area (Å²) >= 11 is 3.28. The van der Waals surface area contributed by atoms with Gasteiger partial charge in [0.05, 0.1) is 18.7 Å². The number of hydrogen-bond acceptors (Lipinski definition) is 6. The third-order valence-corrected chi connectivity index (χ3v) is 3.96. The van der Waals surface area contributed by atoms with Gasteiger partial charge in [0, 0.05) is 34.6 Å². The third-order valence-electron chi connectivity index (χ3n) is 3.34. The maximum Gasteiger partial charge on any atom is 0.161 e. The zero-order valence-electron chi connectivity index (χ0n) is 14.6. The van der Waals surface area contributed by atoms with Gasteiger partial charge in [-0.2, -0.15) is 0 Å². The van der Waals surface area contributed by atoms with Crippen LogP contribution in [0.25, 0.3) is 0 Å². The summed E-state index contributed by atoms with van der Waals surface area (Å²) in [6.07, 6.45) is 0. The fourth-order valence-electron chi connectivity index (χ4n) is 2.02. The van der Waals surface area contributed by atoms with E-state index in [2.05, 4.69) is 15.9 Å². The number of rotatable bonds is 4. The Morgan fingerprint density at radius 2 is 1.44 bits per heavy atom. The topological polar surface area (TPSA) is 105 Å². The number of carbonyl (C=O) groups is 2. The number of Topliss-reactive ketones (excluding diaryl/α,β-unsaturated/α-hetero) is 2. The first kappa shape index (κ1) is 20.5. The van der Waals surface area contributed by atoms with Crippen molar-refractivity contribution in [3.05, 3.63) is 45.9 Å². The molecule has 4 N–H and O–H groups in total. The van der Waals surface area contributed by atoms with Crippen LogP contribution < -0.4 is 20.9 Å². The average molecular weight is 409 g/mol. The molecule has 0 saturated carbocycles. The van der Waals surface area contributed by atoms with Crippen LogP contribution in [-0.2, 0) is 0 Å². The quantitative estimate of drug-likeness (QED) is 0.589. The van der Waals surface area contributed by atoms with Gasteiger partial charge in [0.1, 0.15) is 11.5 Å². The van der Waals surface area contributed by atoms with Crippen LogP contribution in [0, 0.1) is 0 Å². The summed E-state index contributed by atoms with van der Waals surface area (Å²) in [5.41, 5.74) is 13.2. The van der Waals surface area contributed by atoms with Gasteiger partial charge in [-0.1, -0.05) is 0 Å². The summed E-state index contributed by atoms with van der Waals surface area (Å²) < 4.78 is 10.7. The summed E-state index contributed by atoms with van der Waals surface area (Å²) in [5, 5.41) is 0. The summed E-state index contributed by atoms with van der Waals surface area (Å²) in [5.74, 6) is 1.20. The molecule has 6 nitrogen and oxygen atoms in total. The molecule has 0 atom stereocenters. The third kappa shape index (κ3) is 5.49. The molecule has 2 aromatic carbocycles. The molecule has 0 fully saturated rings. The van der Waals surface area contributed by atoms with Crippen LogP contribution in [0.1, 0.15) is 34.6 Å². The van der Waals surface area contributed by atoms with Crippen LogP contribution in [0.2, 0.25) is 0 Å². The first-order valence-corrected chi connectivity index (χ1v) is 8.09. The molecule has 0 bridgehead atoms. The second-order valence-corrected chi connectivity index (χ2v) is 5.99. The minimum atomic E-state index is -0.0548. The first-order chi connectivity index (χ1) is 11.7. The van der Waals surface area contributed by atoms with E-state index in [4.69, 9.17) is 20.9 Å². The van der Waals surface area contributed by atoms with Crippen molar-refractivity contribution in [2.75, 3.05) is 25.7 Å². The zero-order chi connectivity index (χ0) is 19.1. The number of benzene rings is 2. The number of nitrogen functional groups attached to an aromatic ring is 2. The van der Waals surface area contributed by atoms with Crippen LogP contribution in [-0.4, -0.2) is 25.8 Å². The Morgan fingerprint density at radius 1 is 0.880 bits per heavy atom. The Balaban J connectivity index is 0.000000251. The SMILES string of the molecule is COc1cc(N)c(C(C)=O)cc1Br.COc1ccc(C(C)=O)c(N)c1. The maximum absolute atomic E-state index is 11.1. The molecule has 0 unspecified atom stereocenters. The molecule has 0 saturated heterocycles. The molecule has 7 heteroatoms. The Labute approximate surface area is 155 Å². The number of anilines is 2. The highest BCUT2D eigenvalue weighted by Crippen LogP contribution is 2.30. The minimum Gasteiger partial charge on any atom is -0.497 e. The van der Waals surface area contributed by atoms with Gasteiger partial charge < -0.3 is 20.9 Å². The molecule has 134 valence electrons. The van der Waals surface area contributed by atoms with Gasteiger partial charge in [0.25, 0.3) is 0 Å². The van der Waals surface area contributed by atoms with E-state index in [-0.39, 0.29) is 11.6 Å². The molecule has 0 radical (unpaired) electrons. The Kier molecular flexibility index (Phi) is 7.44. The van der Waals surface area contributed by atoms with E-state index in [0.29, 0.717) is 34.0 Å². The zero-order valence-corrected chi connectivity index (χ0v) is 16.1. The van der Waals surface area contributed by atoms with E-state index in [1.165, 1.54) is 13.8 Å². The second kappa shape index (κ2) is 9.08. The highest BCUT2D eigenvalue weighted by atomic mass is 79.9. The number of methoxy groups -OCH3 is 2. The molecule has 25 heavy (non-hydrogen) atoms. The largest absolute Gasteiger partial charge is 0.497 e. The van der Waals surface area contributed by atoms with Crippen molar-refractivity contribution >= 4 is 38.9 Å². The summed E-state index contributed by atoms with van der Waals surface area (Å²) in [7, 11) is 3.11. The lowest BCUT2D eigenvalue weighted by molar-refractivity contribution is 0.101. The highest BCUT2D eigenvalue weighted by Gasteiger charge is 2.09. The number of ketones is 2. The Hall–Kier alpha value is -2.54. The molecule has 0 aromatic heterocycles. The van der Waals surface area contributed by atoms with Crippen LogP contribution in [0.3, 0.4) is 0 Å². The van der Waals surface area contributed by atoms with Crippen molar-refractivity contribution in [3.8, 4) is 11.5 Å². The molecule has 0 heterocycles. The van der Waals surface area contributed by atoms with Crippen molar-refractivity contribution < 1.29 is 19.1 Å². The normalized spacial score (nSPS) is 9.64. The number of carbonyl (C=O) groups excluding carboxylic acids is 2. The van der Waals surface area contributed by atoms with E-state index in [1.807, 2.05) is 0 Å². The van der Waals surface area contributed by atoms with Gasteiger partial charge in [0.15, 0.2) is 11.6 Å². The van der Waals surface area contributed by atoms with Gasteiger partial charge in [0.2, 0.25) is 0 Å². The van der Waals surface area contributed by atoms with Crippen LogP contribution in [0.4, 0.5) is 11.4 Å². The van der Waals surface area contributed by atoms with Gasteiger partial charge in [-0.15, -0.1) is 0 Å². The molecule has 0 aliphatic heterocycles. The van der Waals surface area contributed by atoms with Crippen molar-refractivity contribution in [2.45, 2.75) is 13.8 Å². The highest BCUT2D eigenvalue weighted by molar-refractivity contribution is 9.10. The number of halogens is 1. The van der Waals surface area contributed by atoms with Crippen molar-refractivity contribution in [2.24, 2.45) is 0 Å². The van der Waals surface area contributed by atoms with E-state index < -0.39 is 0 Å². The Morgan fingerprint density at radius 3 is 1.88 bits per heavy atom. The van der Waals surface area contributed by atoms with Crippen molar-refractivity contribution in [1.82, 2.24) is 0 Å². The second-order valence-electron chi connectivity index (χ2n) is 5.14.